The van der Waals surface area contributed by atoms with Gasteiger partial charge in [0.25, 0.3) is 0 Å². The number of ether oxygens (including phenoxy) is 1. The summed E-state index contributed by atoms with van der Waals surface area (Å²) in [5, 5.41) is 3.12. The van der Waals surface area contributed by atoms with E-state index in [1.165, 1.54) is 12.1 Å². The molecule has 0 atom stereocenters. The zero-order valence-electron chi connectivity index (χ0n) is 9.71. The Morgan fingerprint density at radius 2 is 2.00 bits per heavy atom. The Kier molecular flexibility index (Phi) is 3.72. The van der Waals surface area contributed by atoms with Crippen molar-refractivity contribution in [1.29, 1.82) is 0 Å². The lowest BCUT2D eigenvalue weighted by Crippen LogP contribution is -1.99. The second-order valence-corrected chi connectivity index (χ2v) is 4.53. The van der Waals surface area contributed by atoms with Gasteiger partial charge in [-0.15, -0.1) is 0 Å². The van der Waals surface area contributed by atoms with Crippen molar-refractivity contribution in [2.75, 3.05) is 18.2 Å². The molecule has 3 N–H and O–H groups in total. The molecule has 5 heteroatoms. The van der Waals surface area contributed by atoms with E-state index in [1.54, 1.807) is 19.2 Å². The maximum atomic E-state index is 13.0. The first-order chi connectivity index (χ1) is 8.61. The molecule has 0 fully saturated rings. The van der Waals surface area contributed by atoms with Crippen molar-refractivity contribution in [2.24, 2.45) is 0 Å². The number of para-hydroxylation sites is 1. The second kappa shape index (κ2) is 5.27. The maximum absolute atomic E-state index is 13.0. The van der Waals surface area contributed by atoms with Gasteiger partial charge in [-0.25, -0.2) is 4.39 Å². The third kappa shape index (κ3) is 2.56. The number of nitrogens with two attached hydrogens (primary N) is 1. The molecule has 18 heavy (non-hydrogen) atoms. The zero-order valence-corrected chi connectivity index (χ0v) is 11.3. The highest BCUT2D eigenvalue weighted by Gasteiger charge is 2.07. The fourth-order valence-electron chi connectivity index (χ4n) is 1.57. The van der Waals surface area contributed by atoms with Crippen LogP contribution in [0.15, 0.2) is 40.9 Å². The van der Waals surface area contributed by atoms with E-state index in [4.69, 9.17) is 10.5 Å². The molecular weight excluding hydrogens is 299 g/mol. The van der Waals surface area contributed by atoms with Crippen LogP contribution in [0.5, 0.6) is 5.75 Å². The van der Waals surface area contributed by atoms with Crippen molar-refractivity contribution in [3.63, 3.8) is 0 Å². The summed E-state index contributed by atoms with van der Waals surface area (Å²) in [5.41, 5.74) is 7.90. The molecule has 0 saturated carbocycles. The van der Waals surface area contributed by atoms with Crippen LogP contribution in [0.2, 0.25) is 0 Å². The summed E-state index contributed by atoms with van der Waals surface area (Å²) in [7, 11) is 1.56. The van der Waals surface area contributed by atoms with Crippen molar-refractivity contribution >= 4 is 33.0 Å². The number of anilines is 3. The van der Waals surface area contributed by atoms with Gasteiger partial charge in [0.05, 0.1) is 24.2 Å². The molecule has 0 heterocycles. The van der Waals surface area contributed by atoms with Crippen molar-refractivity contribution < 1.29 is 9.13 Å². The second-order valence-electron chi connectivity index (χ2n) is 3.67. The largest absolute Gasteiger partial charge is 0.495 e. The molecule has 0 aromatic heterocycles. The van der Waals surface area contributed by atoms with Crippen molar-refractivity contribution in [3.05, 3.63) is 46.7 Å². The lowest BCUT2D eigenvalue weighted by atomic mass is 10.2. The first kappa shape index (κ1) is 12.7. The summed E-state index contributed by atoms with van der Waals surface area (Å²) in [6, 6.07) is 9.84. The molecule has 0 radical (unpaired) electrons. The van der Waals surface area contributed by atoms with Crippen LogP contribution >= 0.6 is 15.9 Å². The number of nitrogen functional groups attached to an aromatic ring is 1. The van der Waals surface area contributed by atoms with Gasteiger partial charge in [-0.1, -0.05) is 6.07 Å². The predicted octanol–water partition coefficient (Wildman–Crippen LogP) is 3.92. The normalized spacial score (nSPS) is 10.2. The highest BCUT2D eigenvalue weighted by molar-refractivity contribution is 9.10. The Bertz CT molecular complexity index is 575. The molecule has 0 spiro atoms. The highest BCUT2D eigenvalue weighted by atomic mass is 79.9. The van der Waals surface area contributed by atoms with E-state index in [0.29, 0.717) is 21.6 Å². The lowest BCUT2D eigenvalue weighted by Gasteiger charge is -2.13. The van der Waals surface area contributed by atoms with E-state index in [9.17, 15) is 4.39 Å². The Labute approximate surface area is 113 Å². The van der Waals surface area contributed by atoms with Crippen LogP contribution in [0.3, 0.4) is 0 Å². The first-order valence-electron chi connectivity index (χ1n) is 5.26. The topological polar surface area (TPSA) is 47.3 Å². The lowest BCUT2D eigenvalue weighted by molar-refractivity contribution is 0.417. The number of methoxy groups -OCH3 is 1. The van der Waals surface area contributed by atoms with E-state index >= 15 is 0 Å². The summed E-state index contributed by atoms with van der Waals surface area (Å²) in [4.78, 5) is 0. The van der Waals surface area contributed by atoms with Crippen molar-refractivity contribution in [2.45, 2.75) is 0 Å². The fraction of sp³-hybridized carbons (Fsp3) is 0.0769. The molecule has 0 bridgehead atoms. The van der Waals surface area contributed by atoms with Gasteiger partial charge in [0.15, 0.2) is 0 Å². The minimum atomic E-state index is -0.300. The van der Waals surface area contributed by atoms with Crippen LogP contribution in [0.1, 0.15) is 0 Å². The Morgan fingerprint density at radius 1 is 1.22 bits per heavy atom. The van der Waals surface area contributed by atoms with E-state index in [-0.39, 0.29) is 5.82 Å². The average Bonchev–Trinajstić information content (AvgIpc) is 2.35. The molecule has 2 rings (SSSR count). The number of rotatable bonds is 3. The SMILES string of the molecule is COc1cccc(Nc2ccc(F)cc2Br)c1N. The molecule has 0 saturated heterocycles. The molecule has 2 aromatic rings. The smallest absolute Gasteiger partial charge is 0.143 e. The molecule has 3 nitrogen and oxygen atoms in total. The number of hydrogen-bond donors (Lipinski definition) is 2. The minimum absolute atomic E-state index is 0.300. The van der Waals surface area contributed by atoms with Gasteiger partial charge in [0.2, 0.25) is 0 Å². The van der Waals surface area contributed by atoms with E-state index < -0.39 is 0 Å². The van der Waals surface area contributed by atoms with Crippen LogP contribution in [-0.2, 0) is 0 Å². The molecule has 0 aliphatic heterocycles. The Hall–Kier alpha value is -1.75. The van der Waals surface area contributed by atoms with Crippen molar-refractivity contribution in [1.82, 2.24) is 0 Å². The number of benzene rings is 2. The average molecular weight is 311 g/mol. The third-order valence-corrected chi connectivity index (χ3v) is 3.14. The van der Waals surface area contributed by atoms with Crippen molar-refractivity contribution in [3.8, 4) is 5.75 Å². The monoisotopic (exact) mass is 310 g/mol. The summed E-state index contributed by atoms with van der Waals surface area (Å²) in [6.45, 7) is 0. The molecule has 0 unspecified atom stereocenters. The van der Waals surface area contributed by atoms with Gasteiger partial charge in [-0.3, -0.25) is 0 Å². The van der Waals surface area contributed by atoms with E-state index in [2.05, 4.69) is 21.2 Å². The summed E-state index contributed by atoms with van der Waals surface area (Å²) in [6.07, 6.45) is 0. The van der Waals surface area contributed by atoms with Crippen LogP contribution < -0.4 is 15.8 Å². The van der Waals surface area contributed by atoms with Crippen LogP contribution in [0.25, 0.3) is 0 Å². The van der Waals surface area contributed by atoms with Crippen LogP contribution in [0, 0.1) is 5.82 Å². The highest BCUT2D eigenvalue weighted by Crippen LogP contribution is 2.33. The van der Waals surface area contributed by atoms with Gasteiger partial charge in [0.1, 0.15) is 11.6 Å². The van der Waals surface area contributed by atoms with Gasteiger partial charge in [0, 0.05) is 4.47 Å². The van der Waals surface area contributed by atoms with Crippen LogP contribution in [-0.4, -0.2) is 7.11 Å². The summed E-state index contributed by atoms with van der Waals surface area (Å²) < 4.78 is 18.7. The quantitative estimate of drug-likeness (QED) is 0.845. The zero-order chi connectivity index (χ0) is 13.1. The molecular formula is C13H12BrFN2O. The Morgan fingerprint density at radius 3 is 2.67 bits per heavy atom. The Balaban J connectivity index is 2.34. The van der Waals surface area contributed by atoms with Gasteiger partial charge in [-0.05, 0) is 46.3 Å². The van der Waals surface area contributed by atoms with Crippen LogP contribution in [0.4, 0.5) is 21.5 Å². The molecule has 2 aromatic carbocycles. The van der Waals surface area contributed by atoms with Gasteiger partial charge < -0.3 is 15.8 Å². The standard InChI is InChI=1S/C13H12BrFN2O/c1-18-12-4-2-3-11(13(12)16)17-10-6-5-8(15)7-9(10)14/h2-7,17H,16H2,1H3. The van der Waals surface area contributed by atoms with Gasteiger partial charge >= 0.3 is 0 Å². The molecule has 0 aliphatic carbocycles. The minimum Gasteiger partial charge on any atom is -0.495 e. The number of hydrogen-bond acceptors (Lipinski definition) is 3. The van der Waals surface area contributed by atoms with Gasteiger partial charge in [-0.2, -0.15) is 0 Å². The number of nitrogens with one attached hydrogen (secondary N) is 1. The molecule has 0 amide bonds. The fourth-order valence-corrected chi connectivity index (χ4v) is 2.02. The summed E-state index contributed by atoms with van der Waals surface area (Å²) in [5.74, 6) is 0.296. The molecule has 0 aliphatic rings. The van der Waals surface area contributed by atoms with E-state index in [0.717, 1.165) is 5.69 Å². The third-order valence-electron chi connectivity index (χ3n) is 2.49. The first-order valence-corrected chi connectivity index (χ1v) is 6.05. The van der Waals surface area contributed by atoms with E-state index in [1.807, 2.05) is 12.1 Å². The molecule has 94 valence electrons. The predicted molar refractivity (Wildman–Crippen MR) is 74.8 cm³/mol. The maximum Gasteiger partial charge on any atom is 0.143 e. The summed E-state index contributed by atoms with van der Waals surface area (Å²) >= 11 is 3.29. The number of halogens is 2.